The largest absolute Gasteiger partial charge is 0.353 e. The zero-order valence-electron chi connectivity index (χ0n) is 9.72. The predicted molar refractivity (Wildman–Crippen MR) is 61.9 cm³/mol. The third kappa shape index (κ3) is 2.13. The van der Waals surface area contributed by atoms with E-state index in [0.29, 0.717) is 17.4 Å². The van der Waals surface area contributed by atoms with Crippen molar-refractivity contribution in [2.24, 2.45) is 11.8 Å². The number of anilines is 1. The van der Waals surface area contributed by atoms with Gasteiger partial charge in [-0.1, -0.05) is 13.8 Å². The first kappa shape index (κ1) is 10.9. The standard InChI is InChI=1S/C12H16N4/c1-9-5-10(2)8-16(7-9)12-11(6-13)3-4-14-15-12/h3-4,9-10H,5,7-8H2,1-2H3. The molecule has 1 saturated heterocycles. The SMILES string of the molecule is CC1CC(C)CN(c2nnccc2C#N)C1. The van der Waals surface area contributed by atoms with Crippen LogP contribution in [-0.2, 0) is 0 Å². The second kappa shape index (κ2) is 4.48. The quantitative estimate of drug-likeness (QED) is 0.718. The van der Waals surface area contributed by atoms with Crippen molar-refractivity contribution in [3.63, 3.8) is 0 Å². The molecule has 2 heterocycles. The van der Waals surface area contributed by atoms with Gasteiger partial charge in [0.25, 0.3) is 0 Å². The molecule has 0 bridgehead atoms. The molecular formula is C12H16N4. The van der Waals surface area contributed by atoms with E-state index in [1.807, 2.05) is 0 Å². The number of nitrogens with zero attached hydrogens (tertiary/aromatic N) is 4. The minimum atomic E-state index is 0.622. The Morgan fingerprint density at radius 3 is 2.69 bits per heavy atom. The van der Waals surface area contributed by atoms with E-state index in [9.17, 15) is 0 Å². The predicted octanol–water partition coefficient (Wildman–Crippen LogP) is 1.83. The van der Waals surface area contributed by atoms with Gasteiger partial charge in [0, 0.05) is 13.1 Å². The molecule has 0 aromatic carbocycles. The Labute approximate surface area is 95.9 Å². The van der Waals surface area contributed by atoms with Crippen LogP contribution in [-0.4, -0.2) is 23.3 Å². The van der Waals surface area contributed by atoms with Crippen LogP contribution in [0, 0.1) is 23.2 Å². The van der Waals surface area contributed by atoms with Gasteiger partial charge < -0.3 is 4.90 Å². The Bertz CT molecular complexity index is 400. The summed E-state index contributed by atoms with van der Waals surface area (Å²) in [6.07, 6.45) is 2.82. The molecule has 1 aliphatic heterocycles. The highest BCUT2D eigenvalue weighted by atomic mass is 15.3. The topological polar surface area (TPSA) is 52.8 Å². The number of aromatic nitrogens is 2. The molecule has 0 spiro atoms. The van der Waals surface area contributed by atoms with E-state index in [1.165, 1.54) is 6.42 Å². The molecule has 1 aromatic heterocycles. The van der Waals surface area contributed by atoms with Gasteiger partial charge in [-0.2, -0.15) is 10.4 Å². The van der Waals surface area contributed by atoms with Crippen LogP contribution in [0.25, 0.3) is 0 Å². The van der Waals surface area contributed by atoms with Crippen LogP contribution in [0.3, 0.4) is 0 Å². The molecular weight excluding hydrogens is 200 g/mol. The van der Waals surface area contributed by atoms with Crippen molar-refractivity contribution < 1.29 is 0 Å². The number of rotatable bonds is 1. The van der Waals surface area contributed by atoms with E-state index in [4.69, 9.17) is 5.26 Å². The Morgan fingerprint density at radius 2 is 2.06 bits per heavy atom. The molecule has 4 heteroatoms. The maximum atomic E-state index is 9.04. The molecule has 0 N–H and O–H groups in total. The van der Waals surface area contributed by atoms with E-state index < -0.39 is 0 Å². The average molecular weight is 216 g/mol. The van der Waals surface area contributed by atoms with Gasteiger partial charge in [0.2, 0.25) is 0 Å². The van der Waals surface area contributed by atoms with E-state index in [-0.39, 0.29) is 0 Å². The molecule has 1 aromatic rings. The molecule has 16 heavy (non-hydrogen) atoms. The normalized spacial score (nSPS) is 25.2. The number of nitriles is 1. The van der Waals surface area contributed by atoms with E-state index in [1.54, 1.807) is 12.3 Å². The minimum absolute atomic E-state index is 0.622. The molecule has 1 fully saturated rings. The molecule has 0 amide bonds. The molecule has 0 radical (unpaired) electrons. The number of hydrogen-bond donors (Lipinski definition) is 0. The lowest BCUT2D eigenvalue weighted by Gasteiger charge is -2.35. The fourth-order valence-electron chi connectivity index (χ4n) is 2.48. The van der Waals surface area contributed by atoms with Gasteiger partial charge in [0.05, 0.1) is 11.8 Å². The second-order valence-electron chi connectivity index (χ2n) is 4.73. The lowest BCUT2D eigenvalue weighted by atomic mass is 9.92. The van der Waals surface area contributed by atoms with Gasteiger partial charge in [-0.05, 0) is 24.3 Å². The van der Waals surface area contributed by atoms with E-state index in [2.05, 4.69) is 35.0 Å². The van der Waals surface area contributed by atoms with Crippen molar-refractivity contribution in [2.45, 2.75) is 20.3 Å². The Kier molecular flexibility index (Phi) is 3.04. The van der Waals surface area contributed by atoms with Crippen molar-refractivity contribution in [2.75, 3.05) is 18.0 Å². The molecule has 2 atom stereocenters. The van der Waals surface area contributed by atoms with Crippen LogP contribution in [0.2, 0.25) is 0 Å². The summed E-state index contributed by atoms with van der Waals surface area (Å²) >= 11 is 0. The Hall–Kier alpha value is -1.63. The zero-order chi connectivity index (χ0) is 11.5. The molecule has 2 rings (SSSR count). The molecule has 0 saturated carbocycles. The molecule has 1 aliphatic rings. The van der Waals surface area contributed by atoms with E-state index >= 15 is 0 Å². The first-order valence-electron chi connectivity index (χ1n) is 5.67. The Morgan fingerprint density at radius 1 is 1.38 bits per heavy atom. The number of piperidine rings is 1. The zero-order valence-corrected chi connectivity index (χ0v) is 9.72. The first-order valence-corrected chi connectivity index (χ1v) is 5.67. The third-order valence-corrected chi connectivity index (χ3v) is 2.99. The second-order valence-corrected chi connectivity index (χ2v) is 4.73. The lowest BCUT2D eigenvalue weighted by Crippen LogP contribution is -2.39. The van der Waals surface area contributed by atoms with Crippen LogP contribution < -0.4 is 4.90 Å². The van der Waals surface area contributed by atoms with Crippen LogP contribution in [0.15, 0.2) is 12.3 Å². The van der Waals surface area contributed by atoms with Crippen molar-refractivity contribution in [3.8, 4) is 6.07 Å². The summed E-state index contributed by atoms with van der Waals surface area (Å²) in [4.78, 5) is 2.18. The van der Waals surface area contributed by atoms with Gasteiger partial charge in [0.1, 0.15) is 6.07 Å². The summed E-state index contributed by atoms with van der Waals surface area (Å²) in [5.74, 6) is 2.04. The monoisotopic (exact) mass is 216 g/mol. The summed E-state index contributed by atoms with van der Waals surface area (Å²) in [5, 5.41) is 17.0. The average Bonchev–Trinajstić information content (AvgIpc) is 2.27. The first-order chi connectivity index (χ1) is 7.70. The summed E-state index contributed by atoms with van der Waals surface area (Å²) < 4.78 is 0. The van der Waals surface area contributed by atoms with Crippen LogP contribution in [0.5, 0.6) is 0 Å². The fraction of sp³-hybridized carbons (Fsp3) is 0.583. The van der Waals surface area contributed by atoms with Gasteiger partial charge in [-0.15, -0.1) is 5.10 Å². The van der Waals surface area contributed by atoms with Crippen molar-refractivity contribution in [1.82, 2.24) is 10.2 Å². The van der Waals surface area contributed by atoms with Gasteiger partial charge >= 0.3 is 0 Å². The minimum Gasteiger partial charge on any atom is -0.353 e. The maximum Gasteiger partial charge on any atom is 0.169 e. The van der Waals surface area contributed by atoms with Crippen molar-refractivity contribution in [3.05, 3.63) is 17.8 Å². The summed E-state index contributed by atoms with van der Waals surface area (Å²) in [5.41, 5.74) is 0.622. The van der Waals surface area contributed by atoms with Crippen LogP contribution in [0.4, 0.5) is 5.82 Å². The van der Waals surface area contributed by atoms with Gasteiger partial charge in [-0.3, -0.25) is 0 Å². The molecule has 4 nitrogen and oxygen atoms in total. The van der Waals surface area contributed by atoms with E-state index in [0.717, 1.165) is 18.9 Å². The van der Waals surface area contributed by atoms with Crippen LogP contribution >= 0.6 is 0 Å². The summed E-state index contributed by atoms with van der Waals surface area (Å²) in [6.45, 7) is 6.42. The maximum absolute atomic E-state index is 9.04. The Balaban J connectivity index is 2.26. The fourth-order valence-corrected chi connectivity index (χ4v) is 2.48. The highest BCUT2D eigenvalue weighted by molar-refractivity contribution is 5.52. The van der Waals surface area contributed by atoms with Crippen LogP contribution in [0.1, 0.15) is 25.8 Å². The molecule has 0 aliphatic carbocycles. The summed E-state index contributed by atoms with van der Waals surface area (Å²) in [6, 6.07) is 3.91. The smallest absolute Gasteiger partial charge is 0.169 e. The third-order valence-electron chi connectivity index (χ3n) is 2.99. The highest BCUT2D eigenvalue weighted by Gasteiger charge is 2.24. The highest BCUT2D eigenvalue weighted by Crippen LogP contribution is 2.26. The summed E-state index contributed by atoms with van der Waals surface area (Å²) in [7, 11) is 0. The van der Waals surface area contributed by atoms with Gasteiger partial charge in [0.15, 0.2) is 5.82 Å². The number of hydrogen-bond acceptors (Lipinski definition) is 4. The van der Waals surface area contributed by atoms with Crippen molar-refractivity contribution in [1.29, 1.82) is 5.26 Å². The molecule has 84 valence electrons. The lowest BCUT2D eigenvalue weighted by molar-refractivity contribution is 0.354. The molecule has 2 unspecified atom stereocenters. The van der Waals surface area contributed by atoms with Crippen molar-refractivity contribution >= 4 is 5.82 Å². The van der Waals surface area contributed by atoms with Gasteiger partial charge in [-0.25, -0.2) is 0 Å².